The minimum atomic E-state index is -1.07. The van der Waals surface area contributed by atoms with Crippen molar-refractivity contribution in [3.05, 3.63) is 25.3 Å². The normalized spacial score (nSPS) is 13.7. The van der Waals surface area contributed by atoms with Crippen molar-refractivity contribution in [2.45, 2.75) is 12.8 Å². The van der Waals surface area contributed by atoms with Gasteiger partial charge >= 0.3 is 23.9 Å². The van der Waals surface area contributed by atoms with E-state index in [1.165, 1.54) is 10.8 Å². The van der Waals surface area contributed by atoms with E-state index in [4.69, 9.17) is 9.47 Å². The van der Waals surface area contributed by atoms with E-state index < -0.39 is 23.9 Å². The Kier molecular flexibility index (Phi) is 18.6. The maximum absolute atomic E-state index is 12.4. The van der Waals surface area contributed by atoms with Crippen molar-refractivity contribution in [1.29, 1.82) is 0 Å². The summed E-state index contributed by atoms with van der Waals surface area (Å²) in [7, 11) is 6.29. The number of carbonyl (C=O) groups excluding carboxylic acids is 4. The van der Waals surface area contributed by atoms with Crippen LogP contribution in [0.5, 0.6) is 0 Å². The number of amides is 1. The van der Waals surface area contributed by atoms with E-state index in [1.54, 1.807) is 24.9 Å². The maximum Gasteiger partial charge on any atom is 0.359 e. The minimum Gasteiger partial charge on any atom is -0.477 e. The van der Waals surface area contributed by atoms with Crippen molar-refractivity contribution in [1.82, 2.24) is 5.32 Å². The Labute approximate surface area is 242 Å². The van der Waals surface area contributed by atoms with Crippen molar-refractivity contribution < 1.29 is 57.4 Å². The van der Waals surface area contributed by atoms with E-state index in [9.17, 15) is 39.0 Å². The number of nitrogens with one attached hydrogen (secondary N) is 1. The van der Waals surface area contributed by atoms with E-state index in [0.29, 0.717) is 24.5 Å². The fourth-order valence-electron chi connectivity index (χ4n) is 3.52. The SMILES string of the molecule is C=CC(=O)OCC[N+](C)(CC(=O)O)CC(=O)CCCSSCCNC(=O)C[N+](C)(CCOC(=O)C=C)CC(=O)O. The van der Waals surface area contributed by atoms with E-state index in [-0.39, 0.29) is 79.6 Å². The van der Waals surface area contributed by atoms with Crippen molar-refractivity contribution in [2.75, 3.05) is 84.6 Å². The highest BCUT2D eigenvalue weighted by molar-refractivity contribution is 8.76. The maximum atomic E-state index is 12.4. The van der Waals surface area contributed by atoms with Crippen LogP contribution in [0.3, 0.4) is 0 Å². The zero-order chi connectivity index (χ0) is 30.6. The number of rotatable bonds is 24. The van der Waals surface area contributed by atoms with Crippen LogP contribution in [0.15, 0.2) is 25.3 Å². The van der Waals surface area contributed by atoms with Crippen LogP contribution in [0.1, 0.15) is 12.8 Å². The molecular formula is C25H41N3O10S2+2. The fraction of sp³-hybridized carbons (Fsp3) is 0.600. The Morgan fingerprint density at radius 2 is 1.25 bits per heavy atom. The van der Waals surface area contributed by atoms with Gasteiger partial charge in [0.15, 0.2) is 25.4 Å². The van der Waals surface area contributed by atoms with Gasteiger partial charge < -0.3 is 34.0 Å². The van der Waals surface area contributed by atoms with E-state index in [1.807, 2.05) is 0 Å². The monoisotopic (exact) mass is 607 g/mol. The minimum absolute atomic E-state index is 0.0117. The molecule has 0 fully saturated rings. The number of carbonyl (C=O) groups is 6. The first-order valence-corrected chi connectivity index (χ1v) is 14.9. The van der Waals surface area contributed by atoms with Gasteiger partial charge in [-0.1, -0.05) is 34.7 Å². The van der Waals surface area contributed by atoms with Gasteiger partial charge in [0.1, 0.15) is 32.8 Å². The number of ketones is 1. The third-order valence-electron chi connectivity index (χ3n) is 5.48. The van der Waals surface area contributed by atoms with Gasteiger partial charge in [0.25, 0.3) is 5.91 Å². The molecule has 0 radical (unpaired) electrons. The van der Waals surface area contributed by atoms with Crippen LogP contribution >= 0.6 is 21.6 Å². The number of hydrogen-bond donors (Lipinski definition) is 3. The third-order valence-corrected chi connectivity index (χ3v) is 7.97. The molecule has 0 aliphatic heterocycles. The number of likely N-dealkylation sites (N-methyl/N-ethyl adjacent to an activating group) is 2. The molecule has 2 atom stereocenters. The Bertz CT molecular complexity index is 845. The molecule has 0 aliphatic rings. The fourth-order valence-corrected chi connectivity index (χ4v) is 5.51. The van der Waals surface area contributed by atoms with Crippen LogP contribution < -0.4 is 5.32 Å². The number of esters is 2. The quantitative estimate of drug-likeness (QED) is 0.0453. The number of aliphatic carboxylic acids is 2. The van der Waals surface area contributed by atoms with Crippen LogP contribution in [0.4, 0.5) is 0 Å². The second-order valence-electron chi connectivity index (χ2n) is 9.49. The smallest absolute Gasteiger partial charge is 0.359 e. The van der Waals surface area contributed by atoms with Gasteiger partial charge in [-0.05, 0) is 6.42 Å². The lowest BCUT2D eigenvalue weighted by Gasteiger charge is -2.31. The number of Topliss-reactive ketones (excluding diaryl/α,β-unsaturated/α-hetero) is 1. The number of nitrogens with zero attached hydrogens (tertiary/aromatic N) is 2. The summed E-state index contributed by atoms with van der Waals surface area (Å²) in [4.78, 5) is 69.6. The second kappa shape index (κ2) is 20.1. The van der Waals surface area contributed by atoms with Crippen LogP contribution in [0, 0.1) is 0 Å². The molecule has 0 saturated carbocycles. The molecule has 13 nitrogen and oxygen atoms in total. The molecule has 0 aliphatic carbocycles. The molecule has 3 N–H and O–H groups in total. The average molecular weight is 608 g/mol. The molecule has 0 aromatic heterocycles. The largest absolute Gasteiger partial charge is 0.477 e. The van der Waals surface area contributed by atoms with Crippen LogP contribution in [-0.2, 0) is 38.2 Å². The predicted molar refractivity (Wildman–Crippen MR) is 151 cm³/mol. The average Bonchev–Trinajstić information content (AvgIpc) is 2.83. The van der Waals surface area contributed by atoms with Crippen molar-refractivity contribution >= 4 is 57.2 Å². The Balaban J connectivity index is 4.30. The molecular weight excluding hydrogens is 566 g/mol. The van der Waals surface area contributed by atoms with E-state index >= 15 is 0 Å². The Hall–Kier alpha value is -2.88. The highest BCUT2D eigenvalue weighted by Crippen LogP contribution is 2.22. The number of carboxylic acids is 2. The lowest BCUT2D eigenvalue weighted by Crippen LogP contribution is -2.54. The van der Waals surface area contributed by atoms with Gasteiger partial charge in [0.05, 0.1) is 14.1 Å². The van der Waals surface area contributed by atoms with Gasteiger partial charge in [-0.2, -0.15) is 0 Å². The zero-order valence-corrected chi connectivity index (χ0v) is 24.8. The summed E-state index contributed by atoms with van der Waals surface area (Å²) in [5.41, 5.74) is 0. The van der Waals surface area contributed by atoms with E-state index in [2.05, 4.69) is 18.5 Å². The van der Waals surface area contributed by atoms with Gasteiger partial charge in [-0.3, -0.25) is 9.59 Å². The molecule has 0 spiro atoms. The standard InChI is InChI=1S/C25H39N3O10S2/c1-5-24(35)37-12-10-27(3,18-22(31)32)16-20(29)8-7-14-39-40-15-9-26-21(30)17-28(4,19-23(33)34)11-13-38-25(36)6-2/h5-6H,1-2,7-19H2,3-4H3,(H-2,26,30,31,32,33,34)/p+2. The lowest BCUT2D eigenvalue weighted by atomic mass is 10.2. The summed E-state index contributed by atoms with van der Waals surface area (Å²) >= 11 is 0. The topological polar surface area (TPSA) is 173 Å². The second-order valence-corrected chi connectivity index (χ2v) is 12.2. The van der Waals surface area contributed by atoms with Crippen molar-refractivity contribution in [3.8, 4) is 0 Å². The van der Waals surface area contributed by atoms with Gasteiger partial charge in [-0.25, -0.2) is 19.2 Å². The Morgan fingerprint density at radius 3 is 1.73 bits per heavy atom. The number of quaternary nitrogens is 2. The van der Waals surface area contributed by atoms with Gasteiger partial charge in [-0.15, -0.1) is 0 Å². The van der Waals surface area contributed by atoms with Crippen molar-refractivity contribution in [2.24, 2.45) is 0 Å². The molecule has 40 heavy (non-hydrogen) atoms. The molecule has 1 amide bonds. The Morgan fingerprint density at radius 1 is 0.775 bits per heavy atom. The highest BCUT2D eigenvalue weighted by Gasteiger charge is 2.30. The first kappa shape index (κ1) is 37.1. The number of hydrogen-bond acceptors (Lipinski definition) is 10. The van der Waals surface area contributed by atoms with Crippen molar-refractivity contribution in [3.63, 3.8) is 0 Å². The number of ether oxygens (including phenoxy) is 2. The van der Waals surface area contributed by atoms with Crippen LogP contribution in [-0.4, -0.2) is 139 Å². The molecule has 0 rings (SSSR count). The first-order valence-electron chi connectivity index (χ1n) is 12.5. The highest BCUT2D eigenvalue weighted by atomic mass is 33.1. The molecule has 0 saturated heterocycles. The van der Waals surface area contributed by atoms with Crippen LogP contribution in [0.25, 0.3) is 0 Å². The molecule has 15 heteroatoms. The molecule has 226 valence electrons. The molecule has 0 aromatic carbocycles. The number of carboxylic acid groups (broad SMARTS) is 2. The molecule has 2 unspecified atom stereocenters. The summed E-state index contributed by atoms with van der Waals surface area (Å²) in [6.07, 6.45) is 2.91. The summed E-state index contributed by atoms with van der Waals surface area (Å²) in [6, 6.07) is 0. The van der Waals surface area contributed by atoms with E-state index in [0.717, 1.165) is 12.2 Å². The zero-order valence-electron chi connectivity index (χ0n) is 23.1. The summed E-state index contributed by atoms with van der Waals surface area (Å²) in [6.45, 7) is 6.58. The lowest BCUT2D eigenvalue weighted by molar-refractivity contribution is -0.895. The summed E-state index contributed by atoms with van der Waals surface area (Å²) in [5.74, 6) is -2.48. The predicted octanol–water partition coefficient (Wildman–Crippen LogP) is 0.354. The summed E-state index contributed by atoms with van der Waals surface area (Å²) in [5, 5.41) is 21.1. The van der Waals surface area contributed by atoms with Gasteiger partial charge in [0, 0.05) is 36.6 Å². The summed E-state index contributed by atoms with van der Waals surface area (Å²) < 4.78 is 9.62. The van der Waals surface area contributed by atoms with Gasteiger partial charge in [0.2, 0.25) is 0 Å². The molecule has 0 aromatic rings. The molecule has 0 bridgehead atoms. The van der Waals surface area contributed by atoms with Crippen LogP contribution in [0.2, 0.25) is 0 Å². The first-order chi connectivity index (χ1) is 18.7. The molecule has 0 heterocycles. The third kappa shape index (κ3) is 19.2.